The normalized spacial score (nSPS) is 18.2. The molecule has 0 amide bonds. The molecule has 2 aliphatic rings. The quantitative estimate of drug-likeness (QED) is 0.619. The van der Waals surface area contributed by atoms with Gasteiger partial charge < -0.3 is 4.74 Å². The lowest BCUT2D eigenvalue weighted by molar-refractivity contribution is 0.180. The zero-order chi connectivity index (χ0) is 20.0. The van der Waals surface area contributed by atoms with Crippen LogP contribution in [0.2, 0.25) is 0 Å². The van der Waals surface area contributed by atoms with Crippen LogP contribution in [-0.2, 0) is 25.9 Å². The van der Waals surface area contributed by atoms with Gasteiger partial charge in [0.2, 0.25) is 5.69 Å². The highest BCUT2D eigenvalue weighted by molar-refractivity contribution is 5.62. The molecule has 146 valence electrons. The van der Waals surface area contributed by atoms with Crippen LogP contribution >= 0.6 is 0 Å². The molecule has 2 aromatic carbocycles. The fourth-order valence-corrected chi connectivity index (χ4v) is 4.85. The highest BCUT2D eigenvalue weighted by Crippen LogP contribution is 2.36. The average molecular weight is 384 g/mol. The van der Waals surface area contributed by atoms with Crippen LogP contribution in [0.25, 0.3) is 10.5 Å². The van der Waals surface area contributed by atoms with E-state index in [1.807, 2.05) is 28.9 Å². The van der Waals surface area contributed by atoms with Crippen LogP contribution in [0.1, 0.15) is 34.5 Å². The maximum Gasteiger partial charge on any atom is 0.212 e. The van der Waals surface area contributed by atoms with Crippen LogP contribution in [0, 0.1) is 13.5 Å². The third-order valence-corrected chi connectivity index (χ3v) is 6.41. The molecule has 1 atom stereocenters. The number of hydrogen-bond donors (Lipinski definition) is 0. The standard InChI is InChI=1S/C24H24N4O/c1-16-19-13-18(27-14-17-7-6-10-24(29-3)20(17)15-27)11-12-21(19)26-28(16)23-9-5-4-8-22(23)25-2/h4-10,18H,11-15H2,1,3H3. The average Bonchev–Trinajstić information content (AvgIpc) is 3.34. The van der Waals surface area contributed by atoms with Crippen molar-refractivity contribution in [3.05, 3.63) is 82.0 Å². The molecule has 0 saturated carbocycles. The van der Waals surface area contributed by atoms with Gasteiger partial charge in [-0.15, -0.1) is 0 Å². The van der Waals surface area contributed by atoms with Crippen molar-refractivity contribution in [3.63, 3.8) is 0 Å². The van der Waals surface area contributed by atoms with Gasteiger partial charge in [-0.3, -0.25) is 4.90 Å². The molecule has 5 nitrogen and oxygen atoms in total. The van der Waals surface area contributed by atoms with Gasteiger partial charge in [-0.25, -0.2) is 9.53 Å². The van der Waals surface area contributed by atoms with Crippen molar-refractivity contribution in [1.82, 2.24) is 14.7 Å². The molecule has 0 saturated heterocycles. The summed E-state index contributed by atoms with van der Waals surface area (Å²) in [5.74, 6) is 1.00. The minimum atomic E-state index is 0.507. The molecule has 0 fully saturated rings. The van der Waals surface area contributed by atoms with Crippen LogP contribution in [0.3, 0.4) is 0 Å². The van der Waals surface area contributed by atoms with Crippen molar-refractivity contribution < 1.29 is 4.74 Å². The number of methoxy groups -OCH3 is 1. The lowest BCUT2D eigenvalue weighted by atomic mass is 9.91. The van der Waals surface area contributed by atoms with Gasteiger partial charge in [0.1, 0.15) is 5.75 Å². The van der Waals surface area contributed by atoms with E-state index in [0.717, 1.165) is 49.5 Å². The molecule has 1 unspecified atom stereocenters. The zero-order valence-corrected chi connectivity index (χ0v) is 16.9. The number of ether oxygens (including phenoxy) is 1. The summed E-state index contributed by atoms with van der Waals surface area (Å²) in [5.41, 5.74) is 7.94. The molecule has 0 N–H and O–H groups in total. The Kier molecular flexibility index (Phi) is 4.37. The summed E-state index contributed by atoms with van der Waals surface area (Å²) in [6.07, 6.45) is 3.11. The highest BCUT2D eigenvalue weighted by atomic mass is 16.5. The number of fused-ring (bicyclic) bond motifs is 2. The van der Waals surface area contributed by atoms with Gasteiger partial charge in [0.25, 0.3) is 0 Å². The second kappa shape index (κ2) is 7.06. The van der Waals surface area contributed by atoms with Crippen LogP contribution in [0.15, 0.2) is 42.5 Å². The number of benzene rings is 2. The molecule has 1 aliphatic carbocycles. The summed E-state index contributed by atoms with van der Waals surface area (Å²) < 4.78 is 7.55. The molecule has 29 heavy (non-hydrogen) atoms. The predicted octanol–water partition coefficient (Wildman–Crippen LogP) is 4.61. The summed E-state index contributed by atoms with van der Waals surface area (Å²) in [4.78, 5) is 6.26. The Morgan fingerprint density at radius 2 is 1.97 bits per heavy atom. The molecule has 0 radical (unpaired) electrons. The van der Waals surface area contributed by atoms with Crippen molar-refractivity contribution in [3.8, 4) is 11.4 Å². The molecule has 5 heteroatoms. The minimum absolute atomic E-state index is 0.507. The smallest absolute Gasteiger partial charge is 0.212 e. The van der Waals surface area contributed by atoms with Crippen LogP contribution in [-0.4, -0.2) is 27.8 Å². The van der Waals surface area contributed by atoms with Gasteiger partial charge in [-0.2, -0.15) is 5.10 Å². The van der Waals surface area contributed by atoms with Gasteiger partial charge in [0.15, 0.2) is 0 Å². The van der Waals surface area contributed by atoms with E-state index in [4.69, 9.17) is 16.4 Å². The first kappa shape index (κ1) is 18.0. The Bertz CT molecular complexity index is 1120. The number of nitrogens with zero attached hydrogens (tertiary/aromatic N) is 4. The van der Waals surface area contributed by atoms with Gasteiger partial charge >= 0.3 is 0 Å². The van der Waals surface area contributed by atoms with Crippen LogP contribution < -0.4 is 4.74 Å². The minimum Gasteiger partial charge on any atom is -0.496 e. The first-order valence-corrected chi connectivity index (χ1v) is 10.1. The van der Waals surface area contributed by atoms with Gasteiger partial charge in [0.05, 0.1) is 25.1 Å². The summed E-state index contributed by atoms with van der Waals surface area (Å²) in [6.45, 7) is 11.5. The Morgan fingerprint density at radius 3 is 2.79 bits per heavy atom. The summed E-state index contributed by atoms with van der Waals surface area (Å²) in [5, 5.41) is 4.89. The molecular formula is C24H24N4O. The monoisotopic (exact) mass is 384 g/mol. The third-order valence-electron chi connectivity index (χ3n) is 6.41. The molecule has 1 aromatic heterocycles. The number of hydrogen-bond acceptors (Lipinski definition) is 3. The second-order valence-electron chi connectivity index (χ2n) is 7.92. The Morgan fingerprint density at radius 1 is 1.10 bits per heavy atom. The fourth-order valence-electron chi connectivity index (χ4n) is 4.85. The molecule has 5 rings (SSSR count). The third kappa shape index (κ3) is 2.92. The van der Waals surface area contributed by atoms with E-state index in [9.17, 15) is 0 Å². The number of aromatic nitrogens is 2. The van der Waals surface area contributed by atoms with Crippen molar-refractivity contribution >= 4 is 5.69 Å². The van der Waals surface area contributed by atoms with E-state index in [-0.39, 0.29) is 0 Å². The zero-order valence-electron chi connectivity index (χ0n) is 16.9. The van der Waals surface area contributed by atoms with Gasteiger partial charge in [-0.05, 0) is 49.4 Å². The van der Waals surface area contributed by atoms with Crippen molar-refractivity contribution in [2.75, 3.05) is 7.11 Å². The SMILES string of the molecule is [C-]#[N+]c1ccccc1-n1nc2c(c1C)CC(N1Cc3cccc(OC)c3C1)CC2. The topological polar surface area (TPSA) is 34.7 Å². The van der Waals surface area contributed by atoms with Crippen molar-refractivity contribution in [2.45, 2.75) is 45.3 Å². The van der Waals surface area contributed by atoms with E-state index in [2.05, 4.69) is 34.9 Å². The molecule has 2 heterocycles. The lowest BCUT2D eigenvalue weighted by Gasteiger charge is -2.30. The summed E-state index contributed by atoms with van der Waals surface area (Å²) >= 11 is 0. The second-order valence-corrected chi connectivity index (χ2v) is 7.92. The van der Waals surface area contributed by atoms with Gasteiger partial charge in [0, 0.05) is 30.4 Å². The molecule has 1 aliphatic heterocycles. The summed E-state index contributed by atoms with van der Waals surface area (Å²) in [7, 11) is 1.75. The van der Waals surface area contributed by atoms with Crippen LogP contribution in [0.5, 0.6) is 5.75 Å². The van der Waals surface area contributed by atoms with Crippen molar-refractivity contribution in [2.24, 2.45) is 0 Å². The molecule has 3 aromatic rings. The van der Waals surface area contributed by atoms with Gasteiger partial charge in [-0.1, -0.05) is 30.3 Å². The summed E-state index contributed by atoms with van der Waals surface area (Å²) in [6, 6.07) is 14.6. The Hall–Kier alpha value is -3.10. The lowest BCUT2D eigenvalue weighted by Crippen LogP contribution is -2.35. The van der Waals surface area contributed by atoms with E-state index in [0.29, 0.717) is 11.7 Å². The van der Waals surface area contributed by atoms with E-state index in [1.165, 1.54) is 22.4 Å². The largest absolute Gasteiger partial charge is 0.496 e. The maximum atomic E-state index is 7.48. The van der Waals surface area contributed by atoms with Crippen LogP contribution in [0.4, 0.5) is 5.69 Å². The first-order chi connectivity index (χ1) is 14.2. The van der Waals surface area contributed by atoms with E-state index >= 15 is 0 Å². The predicted molar refractivity (Wildman–Crippen MR) is 113 cm³/mol. The Balaban J connectivity index is 1.43. The highest BCUT2D eigenvalue weighted by Gasteiger charge is 2.32. The van der Waals surface area contributed by atoms with Crippen molar-refractivity contribution in [1.29, 1.82) is 0 Å². The first-order valence-electron chi connectivity index (χ1n) is 10.1. The van der Waals surface area contributed by atoms with E-state index in [1.54, 1.807) is 7.11 Å². The van der Waals surface area contributed by atoms with E-state index < -0.39 is 0 Å². The molecule has 0 bridgehead atoms. The number of aryl methyl sites for hydroxylation is 1. The number of rotatable bonds is 3. The maximum absolute atomic E-state index is 7.48. The number of para-hydroxylation sites is 2. The Labute approximate surface area is 171 Å². The molecule has 0 spiro atoms. The fraction of sp³-hybridized carbons (Fsp3) is 0.333. The molecular weight excluding hydrogens is 360 g/mol.